The Balaban J connectivity index is 2.82. The molecule has 0 aliphatic carbocycles. The van der Waals surface area contributed by atoms with E-state index in [1.165, 1.54) is 6.07 Å². The summed E-state index contributed by atoms with van der Waals surface area (Å²) in [5.74, 6) is 0.666. The van der Waals surface area contributed by atoms with Gasteiger partial charge in [-0.05, 0) is 28.1 Å². The maximum Gasteiger partial charge on any atom is 0.337 e. The molecule has 3 nitrogen and oxygen atoms in total. The molecule has 0 atom stereocenters. The minimum Gasteiger partial charge on any atom is -0.497 e. The molecule has 14 heavy (non-hydrogen) atoms. The molecule has 0 bridgehead atoms. The monoisotopic (exact) mass is 254 g/mol. The molecule has 72 valence electrons. The van der Waals surface area contributed by atoms with Gasteiger partial charge in [-0.25, -0.2) is 4.79 Å². The zero-order valence-corrected chi connectivity index (χ0v) is 9.00. The Morgan fingerprint density at radius 3 is 2.86 bits per heavy atom. The molecule has 0 aliphatic rings. The second kappa shape index (κ2) is 3.46. The Morgan fingerprint density at radius 2 is 2.14 bits per heavy atom. The molecule has 0 N–H and O–H groups in total. The molecule has 2 aromatic rings. The van der Waals surface area contributed by atoms with Gasteiger partial charge in [-0.3, -0.25) is 0 Å². The molecule has 0 saturated heterocycles. The van der Waals surface area contributed by atoms with Crippen LogP contribution in [0.2, 0.25) is 0 Å². The summed E-state index contributed by atoms with van der Waals surface area (Å²) >= 11 is 3.29. The molecule has 0 saturated carbocycles. The normalized spacial score (nSPS) is 10.4. The lowest BCUT2D eigenvalue weighted by Gasteiger charge is -2.01. The molecule has 1 aromatic carbocycles. The Morgan fingerprint density at radius 1 is 1.36 bits per heavy atom. The second-order valence-corrected chi connectivity index (χ2v) is 3.63. The van der Waals surface area contributed by atoms with Crippen LogP contribution < -0.4 is 10.4 Å². The fourth-order valence-electron chi connectivity index (χ4n) is 1.23. The minimum atomic E-state index is -0.377. The van der Waals surface area contributed by atoms with Crippen molar-refractivity contribution < 1.29 is 9.15 Å². The van der Waals surface area contributed by atoms with Crippen LogP contribution in [0.5, 0.6) is 5.75 Å². The van der Waals surface area contributed by atoms with Crippen LogP contribution in [0, 0.1) is 0 Å². The van der Waals surface area contributed by atoms with Crippen molar-refractivity contribution in [3.8, 4) is 5.75 Å². The van der Waals surface area contributed by atoms with E-state index in [9.17, 15) is 4.79 Å². The molecule has 4 heteroatoms. The zero-order chi connectivity index (χ0) is 10.1. The summed E-state index contributed by atoms with van der Waals surface area (Å²) in [5.41, 5.74) is 0.140. The predicted octanol–water partition coefficient (Wildman–Crippen LogP) is 2.56. The van der Waals surface area contributed by atoms with Crippen LogP contribution in [0.1, 0.15) is 0 Å². The van der Waals surface area contributed by atoms with E-state index in [-0.39, 0.29) is 5.63 Å². The van der Waals surface area contributed by atoms with E-state index in [4.69, 9.17) is 9.15 Å². The van der Waals surface area contributed by atoms with Gasteiger partial charge in [-0.1, -0.05) is 0 Å². The SMILES string of the molecule is COc1ccc2c(Br)cc(=O)oc2c1. The van der Waals surface area contributed by atoms with Gasteiger partial charge in [-0.2, -0.15) is 0 Å². The van der Waals surface area contributed by atoms with Crippen LogP contribution >= 0.6 is 15.9 Å². The van der Waals surface area contributed by atoms with E-state index in [1.807, 2.05) is 12.1 Å². The highest BCUT2D eigenvalue weighted by Gasteiger charge is 2.03. The first kappa shape index (κ1) is 9.27. The van der Waals surface area contributed by atoms with Crippen LogP contribution in [0.4, 0.5) is 0 Å². The number of hydrogen-bond donors (Lipinski definition) is 0. The van der Waals surface area contributed by atoms with E-state index in [1.54, 1.807) is 13.2 Å². The van der Waals surface area contributed by atoms with Gasteiger partial charge in [0, 0.05) is 22.0 Å². The first-order chi connectivity index (χ1) is 6.70. The summed E-state index contributed by atoms with van der Waals surface area (Å²) in [7, 11) is 1.57. The summed E-state index contributed by atoms with van der Waals surface area (Å²) in [6, 6.07) is 6.73. The topological polar surface area (TPSA) is 39.4 Å². The van der Waals surface area contributed by atoms with Crippen LogP contribution in [0.25, 0.3) is 11.0 Å². The van der Waals surface area contributed by atoms with E-state index >= 15 is 0 Å². The van der Waals surface area contributed by atoms with Gasteiger partial charge in [0.15, 0.2) is 0 Å². The van der Waals surface area contributed by atoms with Crippen molar-refractivity contribution in [1.82, 2.24) is 0 Å². The third-order valence-corrected chi connectivity index (χ3v) is 2.56. The Hall–Kier alpha value is -1.29. The van der Waals surface area contributed by atoms with Crippen LogP contribution in [-0.2, 0) is 0 Å². The maximum absolute atomic E-state index is 11.1. The molecule has 0 amide bonds. The third-order valence-electron chi connectivity index (χ3n) is 1.90. The minimum absolute atomic E-state index is 0.377. The molecule has 1 aromatic heterocycles. The summed E-state index contributed by atoms with van der Waals surface area (Å²) in [6.07, 6.45) is 0. The smallest absolute Gasteiger partial charge is 0.337 e. The molecule has 1 heterocycles. The van der Waals surface area contributed by atoms with Crippen molar-refractivity contribution in [2.75, 3.05) is 7.11 Å². The summed E-state index contributed by atoms with van der Waals surface area (Å²) in [4.78, 5) is 11.1. The number of halogens is 1. The maximum atomic E-state index is 11.1. The molecular weight excluding hydrogens is 248 g/mol. The van der Waals surface area contributed by atoms with Gasteiger partial charge < -0.3 is 9.15 Å². The third kappa shape index (κ3) is 1.53. The van der Waals surface area contributed by atoms with Crippen molar-refractivity contribution >= 4 is 26.9 Å². The van der Waals surface area contributed by atoms with Crippen LogP contribution in [0.15, 0.2) is 37.9 Å². The average Bonchev–Trinajstić information content (AvgIpc) is 2.16. The highest BCUT2D eigenvalue weighted by molar-refractivity contribution is 9.10. The number of ether oxygens (including phenoxy) is 1. The second-order valence-electron chi connectivity index (χ2n) is 2.78. The Kier molecular flexibility index (Phi) is 2.29. The zero-order valence-electron chi connectivity index (χ0n) is 7.41. The number of rotatable bonds is 1. The quantitative estimate of drug-likeness (QED) is 0.735. The fourth-order valence-corrected chi connectivity index (χ4v) is 1.74. The highest BCUT2D eigenvalue weighted by Crippen LogP contribution is 2.25. The van der Waals surface area contributed by atoms with Gasteiger partial charge in [-0.15, -0.1) is 0 Å². The summed E-state index contributed by atoms with van der Waals surface area (Å²) < 4.78 is 10.8. The van der Waals surface area contributed by atoms with E-state index in [2.05, 4.69) is 15.9 Å². The van der Waals surface area contributed by atoms with Gasteiger partial charge in [0.05, 0.1) is 7.11 Å². The average molecular weight is 255 g/mol. The first-order valence-corrected chi connectivity index (χ1v) is 4.77. The van der Waals surface area contributed by atoms with Crippen molar-refractivity contribution in [2.24, 2.45) is 0 Å². The Bertz CT molecular complexity index is 530. The van der Waals surface area contributed by atoms with Gasteiger partial charge in [0.2, 0.25) is 0 Å². The predicted molar refractivity (Wildman–Crippen MR) is 56.7 cm³/mol. The van der Waals surface area contributed by atoms with Crippen molar-refractivity contribution in [3.63, 3.8) is 0 Å². The Labute approximate surface area is 88.4 Å². The lowest BCUT2D eigenvalue weighted by molar-refractivity contribution is 0.414. The molecule has 0 spiro atoms. The lowest BCUT2D eigenvalue weighted by Crippen LogP contribution is -1.96. The standard InChI is InChI=1S/C10H7BrO3/c1-13-6-2-3-7-8(11)5-10(12)14-9(7)4-6/h2-5H,1H3. The number of methoxy groups -OCH3 is 1. The molecular formula is C10H7BrO3. The van der Waals surface area contributed by atoms with Gasteiger partial charge in [0.1, 0.15) is 11.3 Å². The first-order valence-electron chi connectivity index (χ1n) is 3.98. The number of benzene rings is 1. The summed E-state index contributed by atoms with van der Waals surface area (Å²) in [6.45, 7) is 0. The molecule has 2 rings (SSSR count). The molecule has 0 radical (unpaired) electrons. The molecule has 0 fully saturated rings. The fraction of sp³-hybridized carbons (Fsp3) is 0.100. The van der Waals surface area contributed by atoms with E-state index in [0.717, 1.165) is 9.86 Å². The lowest BCUT2D eigenvalue weighted by atomic mass is 10.2. The van der Waals surface area contributed by atoms with Crippen LogP contribution in [0.3, 0.4) is 0 Å². The number of hydrogen-bond acceptors (Lipinski definition) is 3. The van der Waals surface area contributed by atoms with Crippen molar-refractivity contribution in [1.29, 1.82) is 0 Å². The molecule has 0 aliphatic heterocycles. The molecule has 0 unspecified atom stereocenters. The largest absolute Gasteiger partial charge is 0.497 e. The highest BCUT2D eigenvalue weighted by atomic mass is 79.9. The van der Waals surface area contributed by atoms with Crippen molar-refractivity contribution in [2.45, 2.75) is 0 Å². The summed E-state index contributed by atoms with van der Waals surface area (Å²) in [5, 5.41) is 0.852. The van der Waals surface area contributed by atoms with Crippen LogP contribution in [-0.4, -0.2) is 7.11 Å². The van der Waals surface area contributed by atoms with E-state index in [0.29, 0.717) is 11.3 Å². The number of fused-ring (bicyclic) bond motifs is 1. The van der Waals surface area contributed by atoms with Gasteiger partial charge in [0.25, 0.3) is 0 Å². The van der Waals surface area contributed by atoms with Gasteiger partial charge >= 0.3 is 5.63 Å². The van der Waals surface area contributed by atoms with E-state index < -0.39 is 0 Å². The van der Waals surface area contributed by atoms with Crippen molar-refractivity contribution in [3.05, 3.63) is 39.2 Å².